The minimum absolute atomic E-state index is 0.112. The number of para-hydroxylation sites is 2. The SMILES string of the molecule is Fc1cc(F)cc(C2CCNc3nc4ccccc4n32)c1. The van der Waals surface area contributed by atoms with Crippen molar-refractivity contribution in [2.45, 2.75) is 12.5 Å². The lowest BCUT2D eigenvalue weighted by Crippen LogP contribution is -2.23. The summed E-state index contributed by atoms with van der Waals surface area (Å²) in [4.78, 5) is 4.54. The third kappa shape index (κ3) is 1.96. The zero-order chi connectivity index (χ0) is 14.4. The third-order valence-corrected chi connectivity index (χ3v) is 3.88. The molecule has 0 radical (unpaired) electrons. The molecule has 0 saturated heterocycles. The smallest absolute Gasteiger partial charge is 0.204 e. The molecule has 1 aromatic heterocycles. The van der Waals surface area contributed by atoms with Gasteiger partial charge in [-0.1, -0.05) is 12.1 Å². The Kier molecular flexibility index (Phi) is 2.67. The zero-order valence-corrected chi connectivity index (χ0v) is 11.2. The molecule has 3 aromatic rings. The first-order valence-electron chi connectivity index (χ1n) is 6.89. The highest BCUT2D eigenvalue weighted by Crippen LogP contribution is 2.34. The molecule has 4 rings (SSSR count). The Morgan fingerprint density at radius 2 is 1.86 bits per heavy atom. The van der Waals surface area contributed by atoms with Gasteiger partial charge in [0, 0.05) is 12.6 Å². The van der Waals surface area contributed by atoms with Crippen molar-refractivity contribution in [1.82, 2.24) is 9.55 Å². The Labute approximate surface area is 120 Å². The van der Waals surface area contributed by atoms with Crippen LogP contribution in [0.1, 0.15) is 18.0 Å². The van der Waals surface area contributed by atoms with Gasteiger partial charge in [-0.05, 0) is 36.2 Å². The normalized spacial score (nSPS) is 17.5. The highest BCUT2D eigenvalue weighted by Gasteiger charge is 2.25. The van der Waals surface area contributed by atoms with Crippen LogP contribution in [0.3, 0.4) is 0 Å². The van der Waals surface area contributed by atoms with E-state index in [0.717, 1.165) is 36.0 Å². The number of aromatic nitrogens is 2. The average Bonchev–Trinajstić information content (AvgIpc) is 2.84. The van der Waals surface area contributed by atoms with Crippen LogP contribution in [0.2, 0.25) is 0 Å². The number of benzene rings is 2. The van der Waals surface area contributed by atoms with Crippen LogP contribution in [0.5, 0.6) is 0 Å². The molecule has 0 amide bonds. The van der Waals surface area contributed by atoms with E-state index < -0.39 is 11.6 Å². The molecule has 0 fully saturated rings. The highest BCUT2D eigenvalue weighted by molar-refractivity contribution is 5.79. The third-order valence-electron chi connectivity index (χ3n) is 3.88. The summed E-state index contributed by atoms with van der Waals surface area (Å²) in [6, 6.07) is 11.4. The maximum absolute atomic E-state index is 13.5. The van der Waals surface area contributed by atoms with Crippen molar-refractivity contribution in [1.29, 1.82) is 0 Å². The largest absolute Gasteiger partial charge is 0.356 e. The van der Waals surface area contributed by atoms with Gasteiger partial charge >= 0.3 is 0 Å². The van der Waals surface area contributed by atoms with Gasteiger partial charge in [0.25, 0.3) is 0 Å². The maximum Gasteiger partial charge on any atom is 0.204 e. The number of hydrogen-bond donors (Lipinski definition) is 1. The summed E-state index contributed by atoms with van der Waals surface area (Å²) in [6.45, 7) is 0.728. The Balaban J connectivity index is 1.93. The number of fused-ring (bicyclic) bond motifs is 3. The molecule has 0 aliphatic carbocycles. The number of anilines is 1. The summed E-state index contributed by atoms with van der Waals surface area (Å²) >= 11 is 0. The Morgan fingerprint density at radius 3 is 2.67 bits per heavy atom. The number of hydrogen-bond acceptors (Lipinski definition) is 2. The summed E-state index contributed by atoms with van der Waals surface area (Å²) in [7, 11) is 0. The van der Waals surface area contributed by atoms with Crippen molar-refractivity contribution < 1.29 is 8.78 Å². The van der Waals surface area contributed by atoms with Crippen LogP contribution in [0, 0.1) is 11.6 Å². The number of halogens is 2. The predicted octanol–water partition coefficient (Wildman–Crippen LogP) is 3.72. The van der Waals surface area contributed by atoms with E-state index in [0.29, 0.717) is 5.56 Å². The minimum atomic E-state index is -0.547. The number of nitrogens with zero attached hydrogens (tertiary/aromatic N) is 2. The van der Waals surface area contributed by atoms with Crippen molar-refractivity contribution in [2.24, 2.45) is 0 Å². The van der Waals surface area contributed by atoms with Gasteiger partial charge in [0.1, 0.15) is 11.6 Å². The van der Waals surface area contributed by atoms with E-state index in [-0.39, 0.29) is 6.04 Å². The Hall–Kier alpha value is -2.43. The highest BCUT2D eigenvalue weighted by atomic mass is 19.1. The second-order valence-electron chi connectivity index (χ2n) is 5.23. The Bertz CT molecular complexity index is 805. The molecule has 2 heterocycles. The molecule has 1 aliphatic rings. The molecule has 5 heteroatoms. The molecule has 0 saturated carbocycles. The van der Waals surface area contributed by atoms with Crippen LogP contribution < -0.4 is 5.32 Å². The van der Waals surface area contributed by atoms with Crippen LogP contribution >= 0.6 is 0 Å². The standard InChI is InChI=1S/C16H13F2N3/c17-11-7-10(8-12(18)9-11)14-5-6-19-16-20-13-3-1-2-4-15(13)21(14)16/h1-4,7-9,14H,5-6H2,(H,19,20). The fourth-order valence-corrected chi connectivity index (χ4v) is 3.02. The second-order valence-corrected chi connectivity index (χ2v) is 5.23. The summed E-state index contributed by atoms with van der Waals surface area (Å²) in [5.41, 5.74) is 2.48. The summed E-state index contributed by atoms with van der Waals surface area (Å²) in [5.74, 6) is -0.346. The van der Waals surface area contributed by atoms with Crippen molar-refractivity contribution >= 4 is 17.0 Å². The van der Waals surface area contributed by atoms with Gasteiger partial charge < -0.3 is 9.88 Å². The maximum atomic E-state index is 13.5. The van der Waals surface area contributed by atoms with E-state index in [1.54, 1.807) is 0 Å². The molecule has 1 N–H and O–H groups in total. The number of nitrogens with one attached hydrogen (secondary N) is 1. The number of rotatable bonds is 1. The summed E-state index contributed by atoms with van der Waals surface area (Å²) in [5, 5.41) is 3.25. The van der Waals surface area contributed by atoms with Gasteiger partial charge in [0.2, 0.25) is 5.95 Å². The fourth-order valence-electron chi connectivity index (χ4n) is 3.02. The molecule has 1 unspecified atom stereocenters. The molecule has 1 atom stereocenters. The number of imidazole rings is 1. The van der Waals surface area contributed by atoms with Crippen LogP contribution in [0.4, 0.5) is 14.7 Å². The predicted molar refractivity (Wildman–Crippen MR) is 77.3 cm³/mol. The van der Waals surface area contributed by atoms with Crippen LogP contribution in [0.25, 0.3) is 11.0 Å². The van der Waals surface area contributed by atoms with Crippen molar-refractivity contribution in [3.63, 3.8) is 0 Å². The summed E-state index contributed by atoms with van der Waals surface area (Å²) in [6.07, 6.45) is 0.760. The average molecular weight is 285 g/mol. The van der Waals surface area contributed by atoms with E-state index in [1.165, 1.54) is 12.1 Å². The van der Waals surface area contributed by atoms with Crippen LogP contribution in [-0.2, 0) is 0 Å². The van der Waals surface area contributed by atoms with Gasteiger partial charge in [-0.15, -0.1) is 0 Å². The first-order valence-corrected chi connectivity index (χ1v) is 6.89. The van der Waals surface area contributed by atoms with Crippen molar-refractivity contribution in [3.05, 3.63) is 59.7 Å². The fraction of sp³-hybridized carbons (Fsp3) is 0.188. The van der Waals surface area contributed by atoms with Gasteiger partial charge in [-0.3, -0.25) is 0 Å². The molecule has 106 valence electrons. The minimum Gasteiger partial charge on any atom is -0.356 e. The first-order chi connectivity index (χ1) is 10.2. The Morgan fingerprint density at radius 1 is 1.10 bits per heavy atom. The topological polar surface area (TPSA) is 29.9 Å². The second kappa shape index (κ2) is 4.55. The molecule has 0 bridgehead atoms. The van der Waals surface area contributed by atoms with E-state index in [4.69, 9.17) is 0 Å². The first kappa shape index (κ1) is 12.3. The van der Waals surface area contributed by atoms with Crippen molar-refractivity contribution in [3.8, 4) is 0 Å². The monoisotopic (exact) mass is 285 g/mol. The van der Waals surface area contributed by atoms with Gasteiger partial charge in [0.15, 0.2) is 0 Å². The molecule has 2 aromatic carbocycles. The molecular weight excluding hydrogens is 272 g/mol. The molecule has 21 heavy (non-hydrogen) atoms. The van der Waals surface area contributed by atoms with Crippen molar-refractivity contribution in [2.75, 3.05) is 11.9 Å². The molecule has 0 spiro atoms. The van der Waals surface area contributed by atoms with E-state index >= 15 is 0 Å². The van der Waals surface area contributed by atoms with E-state index in [2.05, 4.69) is 10.3 Å². The lowest BCUT2D eigenvalue weighted by molar-refractivity contribution is 0.524. The zero-order valence-electron chi connectivity index (χ0n) is 11.2. The lowest BCUT2D eigenvalue weighted by Gasteiger charge is -2.27. The van der Waals surface area contributed by atoms with Gasteiger partial charge in [-0.2, -0.15) is 0 Å². The van der Waals surface area contributed by atoms with Gasteiger partial charge in [0.05, 0.1) is 17.1 Å². The van der Waals surface area contributed by atoms with E-state index in [9.17, 15) is 8.78 Å². The lowest BCUT2D eigenvalue weighted by atomic mass is 10.0. The molecule has 3 nitrogen and oxygen atoms in total. The van der Waals surface area contributed by atoms with Crippen LogP contribution in [0.15, 0.2) is 42.5 Å². The molecule has 1 aliphatic heterocycles. The quantitative estimate of drug-likeness (QED) is 0.738. The van der Waals surface area contributed by atoms with Gasteiger partial charge in [-0.25, -0.2) is 13.8 Å². The summed E-state index contributed by atoms with van der Waals surface area (Å²) < 4.78 is 29.1. The molecular formula is C16H13F2N3. The van der Waals surface area contributed by atoms with Crippen LogP contribution in [-0.4, -0.2) is 16.1 Å². The van der Waals surface area contributed by atoms with E-state index in [1.807, 2.05) is 28.8 Å².